The highest BCUT2D eigenvalue weighted by Crippen LogP contribution is 2.25. The number of hydrogen-bond donors (Lipinski definition) is 2. The fourth-order valence-electron chi connectivity index (χ4n) is 2.35. The molecule has 8 heteroatoms. The molecular formula is C16H16N4O3S. The van der Waals surface area contributed by atoms with Crippen molar-refractivity contribution in [2.75, 3.05) is 19.6 Å². The van der Waals surface area contributed by atoms with Gasteiger partial charge in [0.2, 0.25) is 0 Å². The summed E-state index contributed by atoms with van der Waals surface area (Å²) in [5.74, 6) is -0.209. The number of nitrogens with zero attached hydrogens (tertiary/aromatic N) is 2. The van der Waals surface area contributed by atoms with E-state index >= 15 is 0 Å². The maximum atomic E-state index is 12.2. The highest BCUT2D eigenvalue weighted by Gasteiger charge is 2.13. The minimum atomic E-state index is -0.444. The number of non-ortho nitro benzene ring substituents is 1. The first-order valence-electron chi connectivity index (χ1n) is 7.50. The Morgan fingerprint density at radius 1 is 1.38 bits per heavy atom. The molecule has 0 atom stereocenters. The minimum Gasteiger partial charge on any atom is -0.347 e. The number of nitro benzene ring substituents is 1. The summed E-state index contributed by atoms with van der Waals surface area (Å²) in [6.07, 6.45) is 3.03. The standard InChI is InChI=1S/C16H16N4O3S/c21-15(18-9-11-5-7-17-8-6-11)14-10-24-16(19-14)12-1-3-13(4-2-12)20(22)23/h1-5,10,17H,6-9H2,(H,18,21). The smallest absolute Gasteiger partial charge is 0.271 e. The van der Waals surface area contributed by atoms with Crippen molar-refractivity contribution in [2.24, 2.45) is 0 Å². The molecule has 0 aliphatic carbocycles. The van der Waals surface area contributed by atoms with Crippen molar-refractivity contribution < 1.29 is 9.72 Å². The second-order valence-corrected chi connectivity index (χ2v) is 6.20. The van der Waals surface area contributed by atoms with Gasteiger partial charge in [-0.2, -0.15) is 0 Å². The van der Waals surface area contributed by atoms with E-state index in [1.54, 1.807) is 17.5 Å². The molecule has 7 nitrogen and oxygen atoms in total. The van der Waals surface area contributed by atoms with Gasteiger partial charge >= 0.3 is 0 Å². The van der Waals surface area contributed by atoms with Crippen LogP contribution in [0.5, 0.6) is 0 Å². The van der Waals surface area contributed by atoms with Gasteiger partial charge in [0.15, 0.2) is 0 Å². The number of amides is 1. The molecule has 1 aromatic heterocycles. The molecule has 0 saturated heterocycles. The number of rotatable bonds is 5. The van der Waals surface area contributed by atoms with Gasteiger partial charge in [-0.15, -0.1) is 11.3 Å². The Bertz CT molecular complexity index is 783. The molecular weight excluding hydrogens is 328 g/mol. The lowest BCUT2D eigenvalue weighted by atomic mass is 10.1. The number of carbonyl (C=O) groups is 1. The van der Waals surface area contributed by atoms with Crippen molar-refractivity contribution in [3.8, 4) is 10.6 Å². The van der Waals surface area contributed by atoms with Crippen LogP contribution in [0.25, 0.3) is 10.6 Å². The van der Waals surface area contributed by atoms with Crippen molar-refractivity contribution >= 4 is 22.9 Å². The van der Waals surface area contributed by atoms with E-state index in [0.717, 1.165) is 25.1 Å². The fourth-order valence-corrected chi connectivity index (χ4v) is 3.16. The molecule has 1 aliphatic heterocycles. The molecule has 1 aromatic carbocycles. The average Bonchev–Trinajstić information content (AvgIpc) is 3.11. The minimum absolute atomic E-state index is 0.0310. The zero-order valence-electron chi connectivity index (χ0n) is 12.8. The van der Waals surface area contributed by atoms with E-state index in [0.29, 0.717) is 17.2 Å². The van der Waals surface area contributed by atoms with Gasteiger partial charge < -0.3 is 10.6 Å². The lowest BCUT2D eigenvalue weighted by Crippen LogP contribution is -2.29. The number of aromatic nitrogens is 1. The SMILES string of the molecule is O=C(NCC1=CCNCC1)c1csc(-c2ccc([N+](=O)[O-])cc2)n1. The third kappa shape index (κ3) is 3.84. The molecule has 0 saturated carbocycles. The Morgan fingerprint density at radius 3 is 2.83 bits per heavy atom. The van der Waals surface area contributed by atoms with Gasteiger partial charge in [0, 0.05) is 36.2 Å². The number of hydrogen-bond acceptors (Lipinski definition) is 6. The second kappa shape index (κ2) is 7.33. The summed E-state index contributed by atoms with van der Waals surface area (Å²) in [7, 11) is 0. The quantitative estimate of drug-likeness (QED) is 0.493. The third-order valence-electron chi connectivity index (χ3n) is 3.70. The summed E-state index contributed by atoms with van der Waals surface area (Å²) >= 11 is 1.34. The number of nitrogens with one attached hydrogen (secondary N) is 2. The first kappa shape index (κ1) is 16.3. The summed E-state index contributed by atoms with van der Waals surface area (Å²) in [4.78, 5) is 26.7. The zero-order valence-corrected chi connectivity index (χ0v) is 13.6. The van der Waals surface area contributed by atoms with Crippen LogP contribution in [-0.2, 0) is 0 Å². The summed E-state index contributed by atoms with van der Waals surface area (Å²) in [5.41, 5.74) is 2.37. The molecule has 0 radical (unpaired) electrons. The number of thiazole rings is 1. The highest BCUT2D eigenvalue weighted by molar-refractivity contribution is 7.13. The van der Waals surface area contributed by atoms with Crippen LogP contribution in [0.4, 0.5) is 5.69 Å². The molecule has 2 aromatic rings. The summed E-state index contributed by atoms with van der Waals surface area (Å²) in [5, 5.41) is 19.1. The van der Waals surface area contributed by atoms with Crippen molar-refractivity contribution in [2.45, 2.75) is 6.42 Å². The third-order valence-corrected chi connectivity index (χ3v) is 4.59. The zero-order chi connectivity index (χ0) is 16.9. The Balaban J connectivity index is 1.64. The van der Waals surface area contributed by atoms with Gasteiger partial charge in [0.1, 0.15) is 10.7 Å². The fraction of sp³-hybridized carbons (Fsp3) is 0.250. The lowest BCUT2D eigenvalue weighted by Gasteiger charge is -2.14. The van der Waals surface area contributed by atoms with Crippen molar-refractivity contribution in [3.05, 3.63) is 57.1 Å². The molecule has 2 heterocycles. The molecule has 24 heavy (non-hydrogen) atoms. The first-order valence-corrected chi connectivity index (χ1v) is 8.38. The molecule has 0 unspecified atom stereocenters. The Morgan fingerprint density at radius 2 is 2.17 bits per heavy atom. The summed E-state index contributed by atoms with van der Waals surface area (Å²) in [6, 6.07) is 6.14. The topological polar surface area (TPSA) is 97.2 Å². The largest absolute Gasteiger partial charge is 0.347 e. The summed E-state index contributed by atoms with van der Waals surface area (Å²) < 4.78 is 0. The normalized spacial score (nSPS) is 14.1. The summed E-state index contributed by atoms with van der Waals surface area (Å²) in [6.45, 7) is 2.31. The van der Waals surface area contributed by atoms with E-state index in [-0.39, 0.29) is 11.6 Å². The van der Waals surface area contributed by atoms with Crippen LogP contribution in [-0.4, -0.2) is 35.4 Å². The molecule has 1 amide bonds. The van der Waals surface area contributed by atoms with Gasteiger partial charge in [-0.1, -0.05) is 11.6 Å². The number of nitro groups is 1. The van der Waals surface area contributed by atoms with Gasteiger partial charge in [-0.3, -0.25) is 14.9 Å². The highest BCUT2D eigenvalue weighted by atomic mass is 32.1. The van der Waals surface area contributed by atoms with E-state index in [2.05, 4.69) is 21.7 Å². The van der Waals surface area contributed by atoms with Gasteiger partial charge in [0.05, 0.1) is 4.92 Å². The van der Waals surface area contributed by atoms with Crippen LogP contribution < -0.4 is 10.6 Å². The van der Waals surface area contributed by atoms with E-state index in [1.165, 1.54) is 29.0 Å². The molecule has 1 aliphatic rings. The van der Waals surface area contributed by atoms with Gasteiger partial charge in [0.25, 0.3) is 11.6 Å². The van der Waals surface area contributed by atoms with Crippen LogP contribution in [0.1, 0.15) is 16.9 Å². The molecule has 124 valence electrons. The maximum absolute atomic E-state index is 12.2. The number of benzene rings is 1. The predicted octanol–water partition coefficient (Wildman–Crippen LogP) is 2.37. The monoisotopic (exact) mass is 344 g/mol. The van der Waals surface area contributed by atoms with E-state index in [1.807, 2.05) is 0 Å². The van der Waals surface area contributed by atoms with Crippen LogP contribution in [0.15, 0.2) is 41.3 Å². The van der Waals surface area contributed by atoms with E-state index in [9.17, 15) is 14.9 Å². The second-order valence-electron chi connectivity index (χ2n) is 5.34. The maximum Gasteiger partial charge on any atom is 0.271 e. The molecule has 0 spiro atoms. The van der Waals surface area contributed by atoms with Crippen LogP contribution in [0.2, 0.25) is 0 Å². The van der Waals surface area contributed by atoms with Crippen LogP contribution in [0.3, 0.4) is 0 Å². The first-order chi connectivity index (χ1) is 11.6. The predicted molar refractivity (Wildman–Crippen MR) is 92.1 cm³/mol. The van der Waals surface area contributed by atoms with E-state index < -0.39 is 4.92 Å². The van der Waals surface area contributed by atoms with Gasteiger partial charge in [-0.25, -0.2) is 4.98 Å². The molecule has 3 rings (SSSR count). The molecule has 2 N–H and O–H groups in total. The Hall–Kier alpha value is -2.58. The van der Waals surface area contributed by atoms with Crippen molar-refractivity contribution in [3.63, 3.8) is 0 Å². The van der Waals surface area contributed by atoms with Crippen LogP contribution in [0, 0.1) is 10.1 Å². The molecule has 0 bridgehead atoms. The lowest BCUT2D eigenvalue weighted by molar-refractivity contribution is -0.384. The van der Waals surface area contributed by atoms with Crippen LogP contribution >= 0.6 is 11.3 Å². The number of carbonyl (C=O) groups excluding carboxylic acids is 1. The Kier molecular flexibility index (Phi) is 4.97. The van der Waals surface area contributed by atoms with E-state index in [4.69, 9.17) is 0 Å². The average molecular weight is 344 g/mol. The molecule has 0 fully saturated rings. The van der Waals surface area contributed by atoms with Crippen molar-refractivity contribution in [1.82, 2.24) is 15.6 Å². The van der Waals surface area contributed by atoms with Gasteiger partial charge in [-0.05, 0) is 25.1 Å². The van der Waals surface area contributed by atoms with Crippen molar-refractivity contribution in [1.29, 1.82) is 0 Å². The Labute approximate surface area is 142 Å².